The van der Waals surface area contributed by atoms with Gasteiger partial charge in [0.1, 0.15) is 11.6 Å². The van der Waals surface area contributed by atoms with Crippen LogP contribution in [0.2, 0.25) is 0 Å². The third kappa shape index (κ3) is 4.75. The number of aromatic amines is 1. The molecule has 0 unspecified atom stereocenters. The van der Waals surface area contributed by atoms with E-state index in [1.807, 2.05) is 6.07 Å². The Kier molecular flexibility index (Phi) is 6.69. The lowest BCUT2D eigenvalue weighted by molar-refractivity contribution is -0.127. The van der Waals surface area contributed by atoms with Crippen molar-refractivity contribution in [2.75, 3.05) is 38.0 Å². The van der Waals surface area contributed by atoms with Crippen molar-refractivity contribution in [3.63, 3.8) is 0 Å². The number of H-pyrrole nitrogens is 1. The molecule has 2 amide bonds. The van der Waals surface area contributed by atoms with E-state index in [0.29, 0.717) is 11.1 Å². The summed E-state index contributed by atoms with van der Waals surface area (Å²) >= 11 is 0. The predicted octanol–water partition coefficient (Wildman–Crippen LogP) is 2.53. The molecule has 11 nitrogen and oxygen atoms in total. The van der Waals surface area contributed by atoms with Crippen molar-refractivity contribution in [3.05, 3.63) is 65.6 Å². The molecular formula is C26H23FN6O5. The molecule has 0 radical (unpaired) electrons. The van der Waals surface area contributed by atoms with Crippen LogP contribution in [0.5, 0.6) is 0 Å². The molecular weight excluding hydrogens is 495 g/mol. The van der Waals surface area contributed by atoms with E-state index in [2.05, 4.69) is 20.4 Å². The molecule has 3 heterocycles. The van der Waals surface area contributed by atoms with E-state index in [9.17, 15) is 23.6 Å². The van der Waals surface area contributed by atoms with Crippen molar-refractivity contribution in [2.45, 2.75) is 6.92 Å². The number of hydrogen-bond acceptors (Lipinski definition) is 8. The van der Waals surface area contributed by atoms with E-state index in [-0.39, 0.29) is 72.7 Å². The second-order valence-corrected chi connectivity index (χ2v) is 8.81. The minimum absolute atomic E-state index is 0.00159. The largest absolute Gasteiger partial charge is 0.360 e. The summed E-state index contributed by atoms with van der Waals surface area (Å²) in [6.07, 6.45) is 1.28. The summed E-state index contributed by atoms with van der Waals surface area (Å²) < 4.78 is 20.0. The van der Waals surface area contributed by atoms with Gasteiger partial charge in [0, 0.05) is 48.9 Å². The number of amides is 2. The van der Waals surface area contributed by atoms with Crippen LogP contribution >= 0.6 is 0 Å². The van der Waals surface area contributed by atoms with Gasteiger partial charge < -0.3 is 24.6 Å². The molecule has 2 aromatic carbocycles. The Balaban J connectivity index is 1.33. The Hall–Kier alpha value is -4.87. The molecule has 2 aromatic heterocycles. The standard InChI is InChI=1S/C26H23FN6O5/c1-15(34)13-29-26-30-23(31-38-26)17-7-8-19(27)20-18(14-28-21(17)20)22(35)25(37)33-11-9-32(10-12-33)24(36)16-5-3-2-4-6-16/h2-8,14,28H,9-13H2,1H3,(H,29,30,31). The maximum Gasteiger partial charge on any atom is 0.322 e. The molecule has 0 spiro atoms. The van der Waals surface area contributed by atoms with Gasteiger partial charge in [-0.15, -0.1) is 0 Å². The highest BCUT2D eigenvalue weighted by Gasteiger charge is 2.31. The first kappa shape index (κ1) is 24.8. The van der Waals surface area contributed by atoms with Crippen LogP contribution in [0, 0.1) is 5.82 Å². The van der Waals surface area contributed by atoms with Crippen LogP contribution in [0.25, 0.3) is 22.3 Å². The topological polar surface area (TPSA) is 141 Å². The number of anilines is 1. The van der Waals surface area contributed by atoms with Gasteiger partial charge in [-0.25, -0.2) is 4.39 Å². The lowest BCUT2D eigenvalue weighted by Crippen LogP contribution is -2.52. The van der Waals surface area contributed by atoms with Gasteiger partial charge in [0.15, 0.2) is 0 Å². The Morgan fingerprint density at radius 2 is 1.74 bits per heavy atom. The molecule has 1 fully saturated rings. The molecule has 0 aliphatic carbocycles. The first-order valence-electron chi connectivity index (χ1n) is 11.9. The summed E-state index contributed by atoms with van der Waals surface area (Å²) in [5, 5.41) is 6.47. The van der Waals surface area contributed by atoms with Crippen molar-refractivity contribution < 1.29 is 28.1 Å². The van der Waals surface area contributed by atoms with Crippen LogP contribution in [0.4, 0.5) is 10.4 Å². The maximum absolute atomic E-state index is 14.9. The van der Waals surface area contributed by atoms with E-state index < -0.39 is 17.5 Å². The van der Waals surface area contributed by atoms with Crippen LogP contribution in [0.3, 0.4) is 0 Å². The summed E-state index contributed by atoms with van der Waals surface area (Å²) in [7, 11) is 0. The van der Waals surface area contributed by atoms with Crippen LogP contribution in [-0.2, 0) is 9.59 Å². The number of rotatable bonds is 7. The average Bonchev–Trinajstić information content (AvgIpc) is 3.60. The number of hydrogen-bond donors (Lipinski definition) is 2. The van der Waals surface area contributed by atoms with Gasteiger partial charge in [0.25, 0.3) is 17.6 Å². The number of carbonyl (C=O) groups excluding carboxylic acids is 4. The Morgan fingerprint density at radius 3 is 2.45 bits per heavy atom. The highest BCUT2D eigenvalue weighted by molar-refractivity contribution is 6.45. The zero-order valence-electron chi connectivity index (χ0n) is 20.4. The summed E-state index contributed by atoms with van der Waals surface area (Å²) in [4.78, 5) is 60.1. The molecule has 1 aliphatic heterocycles. The molecule has 1 saturated heterocycles. The lowest BCUT2D eigenvalue weighted by Gasteiger charge is -2.34. The van der Waals surface area contributed by atoms with Gasteiger partial charge in [0.2, 0.25) is 5.82 Å². The Labute approximate surface area is 215 Å². The maximum atomic E-state index is 14.9. The summed E-state index contributed by atoms with van der Waals surface area (Å²) in [5.74, 6) is -2.51. The molecule has 194 valence electrons. The van der Waals surface area contributed by atoms with Crippen LogP contribution in [-0.4, -0.2) is 81.0 Å². The van der Waals surface area contributed by atoms with Crippen LogP contribution in [0.1, 0.15) is 27.6 Å². The highest BCUT2D eigenvalue weighted by Crippen LogP contribution is 2.31. The molecule has 5 rings (SSSR count). The van der Waals surface area contributed by atoms with Crippen molar-refractivity contribution in [2.24, 2.45) is 0 Å². The first-order chi connectivity index (χ1) is 18.3. The molecule has 0 saturated carbocycles. The SMILES string of the molecule is CC(=O)CNc1nc(-c2ccc(F)c3c(C(=O)C(=O)N4CCN(C(=O)c5ccccc5)CC4)c[nH]c23)no1. The molecule has 1 aliphatic rings. The van der Waals surface area contributed by atoms with Gasteiger partial charge >= 0.3 is 6.01 Å². The van der Waals surface area contributed by atoms with Crippen molar-refractivity contribution >= 4 is 40.3 Å². The lowest BCUT2D eigenvalue weighted by atomic mass is 10.0. The Morgan fingerprint density at radius 1 is 1.03 bits per heavy atom. The van der Waals surface area contributed by atoms with Gasteiger partial charge in [-0.05, 0) is 31.2 Å². The number of nitrogens with zero attached hydrogens (tertiary/aromatic N) is 4. The first-order valence-corrected chi connectivity index (χ1v) is 11.9. The fourth-order valence-corrected chi connectivity index (χ4v) is 4.31. The minimum Gasteiger partial charge on any atom is -0.360 e. The van der Waals surface area contributed by atoms with Crippen LogP contribution < -0.4 is 5.32 Å². The van der Waals surface area contributed by atoms with Gasteiger partial charge in [0.05, 0.1) is 17.6 Å². The van der Waals surface area contributed by atoms with E-state index in [1.165, 1.54) is 24.1 Å². The number of piperazine rings is 1. The van der Waals surface area contributed by atoms with Gasteiger partial charge in [-0.3, -0.25) is 19.2 Å². The number of ketones is 2. The number of halogens is 1. The predicted molar refractivity (Wildman–Crippen MR) is 134 cm³/mol. The smallest absolute Gasteiger partial charge is 0.322 e. The highest BCUT2D eigenvalue weighted by atomic mass is 19.1. The number of Topliss-reactive ketones (excluding diaryl/α,β-unsaturated/α-hetero) is 2. The minimum atomic E-state index is -0.868. The number of nitrogens with one attached hydrogen (secondary N) is 2. The molecule has 0 atom stereocenters. The number of fused-ring (bicyclic) bond motifs is 1. The zero-order chi connectivity index (χ0) is 26.8. The van der Waals surface area contributed by atoms with Crippen molar-refractivity contribution in [1.29, 1.82) is 0 Å². The van der Waals surface area contributed by atoms with Crippen LogP contribution in [0.15, 0.2) is 53.2 Å². The summed E-state index contributed by atoms with van der Waals surface area (Å²) in [6.45, 7) is 2.30. The van der Waals surface area contributed by atoms with Crippen molar-refractivity contribution in [1.82, 2.24) is 24.9 Å². The second kappa shape index (κ2) is 10.2. The number of benzene rings is 2. The summed E-state index contributed by atoms with van der Waals surface area (Å²) in [6, 6.07) is 11.4. The molecule has 0 bridgehead atoms. The number of aromatic nitrogens is 3. The Bertz CT molecular complexity index is 1540. The monoisotopic (exact) mass is 518 g/mol. The third-order valence-corrected chi connectivity index (χ3v) is 6.25. The quantitative estimate of drug-likeness (QED) is 0.281. The normalized spacial score (nSPS) is 13.5. The fraction of sp³-hybridized carbons (Fsp3) is 0.231. The molecule has 4 aromatic rings. The fourth-order valence-electron chi connectivity index (χ4n) is 4.31. The summed E-state index contributed by atoms with van der Waals surface area (Å²) in [5.41, 5.74) is 1.00. The van der Waals surface area contributed by atoms with E-state index >= 15 is 0 Å². The molecule has 2 N–H and O–H groups in total. The van der Waals surface area contributed by atoms with Gasteiger partial charge in [-0.2, -0.15) is 4.98 Å². The van der Waals surface area contributed by atoms with E-state index in [1.54, 1.807) is 29.2 Å². The zero-order valence-corrected chi connectivity index (χ0v) is 20.4. The average molecular weight is 519 g/mol. The third-order valence-electron chi connectivity index (χ3n) is 6.25. The molecule has 38 heavy (non-hydrogen) atoms. The van der Waals surface area contributed by atoms with E-state index in [4.69, 9.17) is 4.52 Å². The molecule has 12 heteroatoms. The number of carbonyl (C=O) groups is 4. The van der Waals surface area contributed by atoms with Gasteiger partial charge in [-0.1, -0.05) is 23.4 Å². The van der Waals surface area contributed by atoms with E-state index in [0.717, 1.165) is 6.07 Å². The second-order valence-electron chi connectivity index (χ2n) is 8.81. The van der Waals surface area contributed by atoms with Crippen molar-refractivity contribution in [3.8, 4) is 11.4 Å².